The molecule has 0 aliphatic heterocycles. The largest absolute Gasteiger partial charge is 0.372 e. The Morgan fingerprint density at radius 1 is 1.52 bits per heavy atom. The van der Waals surface area contributed by atoms with E-state index in [9.17, 15) is 9.18 Å². The number of nitrogens with one attached hydrogen (secondary N) is 1. The van der Waals surface area contributed by atoms with E-state index < -0.39 is 5.82 Å². The standard InChI is InChI=1S/C15H18FN3OS/c1-10(2)19(9-12-5-4-6-21-12)15(20)13-7-11(16)8-18-14(13)17-3/h4-8,10H,9H2,1-3H3,(H,17,18). The van der Waals surface area contributed by atoms with E-state index in [1.807, 2.05) is 31.4 Å². The zero-order chi connectivity index (χ0) is 15.4. The second-order valence-electron chi connectivity index (χ2n) is 4.91. The van der Waals surface area contributed by atoms with Crippen molar-refractivity contribution in [3.8, 4) is 0 Å². The van der Waals surface area contributed by atoms with Gasteiger partial charge in [0.05, 0.1) is 18.3 Å². The molecule has 0 aliphatic carbocycles. The number of carbonyl (C=O) groups is 1. The van der Waals surface area contributed by atoms with Crippen molar-refractivity contribution in [2.45, 2.75) is 26.4 Å². The molecule has 2 aromatic heterocycles. The van der Waals surface area contributed by atoms with Gasteiger partial charge in [-0.3, -0.25) is 4.79 Å². The van der Waals surface area contributed by atoms with Gasteiger partial charge in [-0.05, 0) is 31.4 Å². The Hall–Kier alpha value is -1.95. The molecule has 1 amide bonds. The van der Waals surface area contributed by atoms with E-state index in [0.717, 1.165) is 11.1 Å². The molecule has 21 heavy (non-hydrogen) atoms. The third kappa shape index (κ3) is 3.58. The van der Waals surface area contributed by atoms with Crippen molar-refractivity contribution in [2.75, 3.05) is 12.4 Å². The topological polar surface area (TPSA) is 45.2 Å². The van der Waals surface area contributed by atoms with Crippen molar-refractivity contribution in [3.05, 3.63) is 46.0 Å². The number of hydrogen-bond acceptors (Lipinski definition) is 4. The lowest BCUT2D eigenvalue weighted by molar-refractivity contribution is 0.0692. The zero-order valence-corrected chi connectivity index (χ0v) is 13.1. The van der Waals surface area contributed by atoms with Crippen LogP contribution in [0.3, 0.4) is 0 Å². The molecule has 0 fully saturated rings. The van der Waals surface area contributed by atoms with Crippen LogP contribution in [0.2, 0.25) is 0 Å². The highest BCUT2D eigenvalue weighted by atomic mass is 32.1. The second-order valence-corrected chi connectivity index (χ2v) is 5.94. The van der Waals surface area contributed by atoms with E-state index in [2.05, 4.69) is 10.3 Å². The van der Waals surface area contributed by atoms with Gasteiger partial charge >= 0.3 is 0 Å². The monoisotopic (exact) mass is 307 g/mol. The van der Waals surface area contributed by atoms with Gasteiger partial charge in [-0.25, -0.2) is 9.37 Å². The Morgan fingerprint density at radius 3 is 2.86 bits per heavy atom. The maximum atomic E-state index is 13.4. The van der Waals surface area contributed by atoms with Gasteiger partial charge in [0.1, 0.15) is 11.6 Å². The summed E-state index contributed by atoms with van der Waals surface area (Å²) in [7, 11) is 1.66. The molecular formula is C15H18FN3OS. The minimum atomic E-state index is -0.517. The van der Waals surface area contributed by atoms with Crippen LogP contribution < -0.4 is 5.32 Å². The van der Waals surface area contributed by atoms with Gasteiger partial charge in [-0.2, -0.15) is 0 Å². The first-order valence-electron chi connectivity index (χ1n) is 6.69. The zero-order valence-electron chi connectivity index (χ0n) is 12.3. The number of pyridine rings is 1. The molecule has 0 unspecified atom stereocenters. The summed E-state index contributed by atoms with van der Waals surface area (Å²) in [5, 5.41) is 4.81. The van der Waals surface area contributed by atoms with Gasteiger partial charge in [-0.15, -0.1) is 11.3 Å². The highest BCUT2D eigenvalue weighted by molar-refractivity contribution is 7.09. The first-order chi connectivity index (χ1) is 10.0. The van der Waals surface area contributed by atoms with E-state index in [1.54, 1.807) is 23.3 Å². The lowest BCUT2D eigenvalue weighted by Gasteiger charge is -2.27. The average Bonchev–Trinajstić information content (AvgIpc) is 2.96. The number of thiophene rings is 1. The molecule has 0 saturated carbocycles. The molecule has 0 saturated heterocycles. The fourth-order valence-corrected chi connectivity index (χ4v) is 2.72. The summed E-state index contributed by atoms with van der Waals surface area (Å²) in [6, 6.07) is 5.17. The Bertz CT molecular complexity index is 613. The van der Waals surface area contributed by atoms with E-state index in [1.165, 1.54) is 6.07 Å². The minimum absolute atomic E-state index is 0.00701. The van der Waals surface area contributed by atoms with Crippen LogP contribution in [-0.4, -0.2) is 28.9 Å². The molecule has 0 atom stereocenters. The third-order valence-electron chi connectivity index (χ3n) is 3.11. The predicted molar refractivity (Wildman–Crippen MR) is 83.1 cm³/mol. The number of halogens is 1. The predicted octanol–water partition coefficient (Wildman–Crippen LogP) is 3.37. The van der Waals surface area contributed by atoms with E-state index >= 15 is 0 Å². The Balaban J connectivity index is 2.32. The summed E-state index contributed by atoms with van der Waals surface area (Å²) in [6.07, 6.45) is 1.10. The summed E-state index contributed by atoms with van der Waals surface area (Å²) >= 11 is 1.60. The molecule has 0 spiro atoms. The Labute approximate surface area is 127 Å². The minimum Gasteiger partial charge on any atom is -0.372 e. The average molecular weight is 307 g/mol. The van der Waals surface area contributed by atoms with E-state index in [-0.39, 0.29) is 17.5 Å². The molecule has 0 bridgehead atoms. The highest BCUT2D eigenvalue weighted by Gasteiger charge is 2.23. The van der Waals surface area contributed by atoms with Crippen molar-refractivity contribution >= 4 is 23.1 Å². The van der Waals surface area contributed by atoms with Crippen molar-refractivity contribution < 1.29 is 9.18 Å². The Morgan fingerprint density at radius 2 is 2.29 bits per heavy atom. The maximum absolute atomic E-state index is 13.4. The molecule has 4 nitrogen and oxygen atoms in total. The van der Waals surface area contributed by atoms with Gasteiger partial charge in [0.15, 0.2) is 0 Å². The second kappa shape index (κ2) is 6.67. The number of hydrogen-bond donors (Lipinski definition) is 1. The van der Waals surface area contributed by atoms with Gasteiger partial charge in [0.2, 0.25) is 0 Å². The molecule has 2 rings (SSSR count). The van der Waals surface area contributed by atoms with Crippen molar-refractivity contribution in [1.29, 1.82) is 0 Å². The van der Waals surface area contributed by atoms with Crippen LogP contribution >= 0.6 is 11.3 Å². The first-order valence-corrected chi connectivity index (χ1v) is 7.57. The van der Waals surface area contributed by atoms with E-state index in [4.69, 9.17) is 0 Å². The van der Waals surface area contributed by atoms with Crippen molar-refractivity contribution in [2.24, 2.45) is 0 Å². The number of nitrogens with zero attached hydrogens (tertiary/aromatic N) is 2. The quantitative estimate of drug-likeness (QED) is 0.921. The van der Waals surface area contributed by atoms with E-state index in [0.29, 0.717) is 12.4 Å². The van der Waals surface area contributed by atoms with Crippen molar-refractivity contribution in [1.82, 2.24) is 9.88 Å². The van der Waals surface area contributed by atoms with Crippen LogP contribution in [0.5, 0.6) is 0 Å². The smallest absolute Gasteiger partial charge is 0.258 e. The number of aromatic nitrogens is 1. The number of amides is 1. The lowest BCUT2D eigenvalue weighted by atomic mass is 10.2. The van der Waals surface area contributed by atoms with Crippen LogP contribution in [-0.2, 0) is 6.54 Å². The SMILES string of the molecule is CNc1ncc(F)cc1C(=O)N(Cc1cccs1)C(C)C. The van der Waals surface area contributed by atoms with Crippen LogP contribution in [0.15, 0.2) is 29.8 Å². The number of anilines is 1. The molecule has 112 valence electrons. The molecule has 0 aromatic carbocycles. The molecule has 2 aromatic rings. The highest BCUT2D eigenvalue weighted by Crippen LogP contribution is 2.20. The van der Waals surface area contributed by atoms with Crippen LogP contribution in [0.4, 0.5) is 10.2 Å². The lowest BCUT2D eigenvalue weighted by Crippen LogP contribution is -2.36. The number of carbonyl (C=O) groups excluding carboxylic acids is 1. The maximum Gasteiger partial charge on any atom is 0.258 e. The Kier molecular flexibility index (Phi) is 4.90. The van der Waals surface area contributed by atoms with Crippen molar-refractivity contribution in [3.63, 3.8) is 0 Å². The first kappa shape index (κ1) is 15.4. The molecule has 2 heterocycles. The summed E-state index contributed by atoms with van der Waals surface area (Å²) in [4.78, 5) is 19.5. The summed E-state index contributed by atoms with van der Waals surface area (Å²) < 4.78 is 13.4. The summed E-state index contributed by atoms with van der Waals surface area (Å²) in [5.74, 6) is -0.356. The van der Waals surface area contributed by atoms with Gasteiger partial charge in [-0.1, -0.05) is 6.07 Å². The van der Waals surface area contributed by atoms with Crippen LogP contribution in [0, 0.1) is 5.82 Å². The fourth-order valence-electron chi connectivity index (χ4n) is 2.02. The normalized spacial score (nSPS) is 10.7. The molecule has 6 heteroatoms. The fraction of sp³-hybridized carbons (Fsp3) is 0.333. The summed E-state index contributed by atoms with van der Waals surface area (Å²) in [6.45, 7) is 4.39. The van der Waals surface area contributed by atoms with Gasteiger partial charge < -0.3 is 10.2 Å². The molecule has 0 aliphatic rings. The number of rotatable bonds is 5. The molecule has 0 radical (unpaired) electrons. The molecule has 1 N–H and O–H groups in total. The van der Waals surface area contributed by atoms with Crippen LogP contribution in [0.25, 0.3) is 0 Å². The summed E-state index contributed by atoms with van der Waals surface area (Å²) in [5.41, 5.74) is 0.253. The third-order valence-corrected chi connectivity index (χ3v) is 3.97. The van der Waals surface area contributed by atoms with Crippen LogP contribution in [0.1, 0.15) is 29.1 Å². The van der Waals surface area contributed by atoms with Gasteiger partial charge in [0.25, 0.3) is 5.91 Å². The molecular weight excluding hydrogens is 289 g/mol. The van der Waals surface area contributed by atoms with Gasteiger partial charge in [0, 0.05) is 18.0 Å².